The number of alkyl halides is 1. The molecule has 1 aromatic rings. The minimum Gasteiger partial charge on any atom is -0.479 e. The predicted molar refractivity (Wildman–Crippen MR) is 65.1 cm³/mol. The van der Waals surface area contributed by atoms with Gasteiger partial charge in [-0.05, 0) is 5.56 Å². The summed E-state index contributed by atoms with van der Waals surface area (Å²) in [5, 5.41) is 11.8. The van der Waals surface area contributed by atoms with E-state index >= 15 is 0 Å². The third-order valence-electron chi connectivity index (χ3n) is 1.95. The Morgan fingerprint density at radius 1 is 1.35 bits per heavy atom. The monoisotopic (exact) mass is 301 g/mol. The zero-order valence-electron chi connectivity index (χ0n) is 8.93. The quantitative estimate of drug-likeness (QED) is 0.815. The molecule has 0 fully saturated rings. The van der Waals surface area contributed by atoms with Crippen molar-refractivity contribution < 1.29 is 19.4 Å². The summed E-state index contributed by atoms with van der Waals surface area (Å²) < 4.78 is 4.73. The lowest BCUT2D eigenvalue weighted by molar-refractivity contribution is -0.139. The number of hydrogen-bond donors (Lipinski definition) is 2. The molecule has 6 heteroatoms. The molecule has 0 aliphatic carbocycles. The van der Waals surface area contributed by atoms with Crippen molar-refractivity contribution in [2.75, 3.05) is 11.9 Å². The molecule has 0 aromatic heterocycles. The van der Waals surface area contributed by atoms with Gasteiger partial charge in [0.05, 0.1) is 0 Å². The molecule has 0 aliphatic rings. The summed E-state index contributed by atoms with van der Waals surface area (Å²) in [5.41, 5.74) is 0.496. The van der Waals surface area contributed by atoms with Crippen LogP contribution in [-0.4, -0.2) is 29.1 Å². The average molecular weight is 302 g/mol. The third-order valence-corrected chi connectivity index (χ3v) is 2.28. The van der Waals surface area contributed by atoms with Crippen LogP contribution in [0.1, 0.15) is 11.6 Å². The number of hydrogen-bond acceptors (Lipinski definition) is 3. The molecule has 0 aliphatic heterocycles. The van der Waals surface area contributed by atoms with E-state index in [2.05, 4.69) is 21.2 Å². The fourth-order valence-corrected chi connectivity index (χ4v) is 1.39. The average Bonchev–Trinajstić information content (AvgIpc) is 2.34. The number of ether oxygens (including phenoxy) is 1. The van der Waals surface area contributed by atoms with Crippen LogP contribution in [0.15, 0.2) is 30.3 Å². The smallest absolute Gasteiger partial charge is 0.408 e. The van der Waals surface area contributed by atoms with Crippen LogP contribution in [-0.2, 0) is 9.53 Å². The van der Waals surface area contributed by atoms with Crippen molar-refractivity contribution in [1.29, 1.82) is 0 Å². The van der Waals surface area contributed by atoms with Gasteiger partial charge in [-0.2, -0.15) is 0 Å². The van der Waals surface area contributed by atoms with Gasteiger partial charge >= 0.3 is 12.1 Å². The minimum atomic E-state index is -1.13. The maximum absolute atomic E-state index is 11.3. The van der Waals surface area contributed by atoms with Crippen LogP contribution >= 0.6 is 15.9 Å². The van der Waals surface area contributed by atoms with Crippen LogP contribution in [0.4, 0.5) is 4.79 Å². The second-order valence-corrected chi connectivity index (χ2v) is 3.94. The SMILES string of the molecule is O=C(N[C@H](C(=O)O)c1ccccc1)OCCBr. The summed E-state index contributed by atoms with van der Waals surface area (Å²) in [4.78, 5) is 22.3. The maximum atomic E-state index is 11.3. The summed E-state index contributed by atoms with van der Waals surface area (Å²) in [6, 6.07) is 7.34. The van der Waals surface area contributed by atoms with E-state index in [0.29, 0.717) is 10.9 Å². The summed E-state index contributed by atoms with van der Waals surface area (Å²) in [6.45, 7) is 0.187. The van der Waals surface area contributed by atoms with E-state index in [9.17, 15) is 9.59 Å². The van der Waals surface area contributed by atoms with E-state index in [-0.39, 0.29) is 6.61 Å². The van der Waals surface area contributed by atoms with Crippen molar-refractivity contribution in [3.63, 3.8) is 0 Å². The van der Waals surface area contributed by atoms with Crippen LogP contribution in [0, 0.1) is 0 Å². The van der Waals surface area contributed by atoms with Gasteiger partial charge in [0.2, 0.25) is 0 Å². The first kappa shape index (κ1) is 13.5. The number of carboxylic acid groups (broad SMARTS) is 1. The molecule has 5 nitrogen and oxygen atoms in total. The number of amides is 1. The number of rotatable bonds is 5. The van der Waals surface area contributed by atoms with Crippen LogP contribution < -0.4 is 5.32 Å². The number of carbonyl (C=O) groups is 2. The molecule has 0 spiro atoms. The summed E-state index contributed by atoms with van der Waals surface area (Å²) in [5.74, 6) is -1.13. The van der Waals surface area contributed by atoms with E-state index in [4.69, 9.17) is 9.84 Å². The van der Waals surface area contributed by atoms with Gasteiger partial charge in [-0.1, -0.05) is 46.3 Å². The molecule has 0 bridgehead atoms. The Kier molecular flexibility index (Phi) is 5.48. The molecule has 0 saturated heterocycles. The molecular formula is C11H12BrNO4. The molecule has 0 radical (unpaired) electrons. The number of carbonyl (C=O) groups excluding carboxylic acids is 1. The summed E-state index contributed by atoms with van der Waals surface area (Å²) in [6.07, 6.45) is -0.749. The molecule has 1 rings (SSSR count). The summed E-state index contributed by atoms with van der Waals surface area (Å²) in [7, 11) is 0. The number of nitrogens with one attached hydrogen (secondary N) is 1. The Hall–Kier alpha value is -1.56. The Morgan fingerprint density at radius 2 is 2.00 bits per heavy atom. The second kappa shape index (κ2) is 6.90. The number of aliphatic carboxylic acids is 1. The van der Waals surface area contributed by atoms with Crippen molar-refractivity contribution in [2.24, 2.45) is 0 Å². The fourth-order valence-electron chi connectivity index (χ4n) is 1.22. The number of carboxylic acids is 1. The summed E-state index contributed by atoms with van der Waals surface area (Å²) >= 11 is 3.10. The maximum Gasteiger partial charge on any atom is 0.408 e. The van der Waals surface area contributed by atoms with E-state index in [0.717, 1.165) is 0 Å². The molecule has 17 heavy (non-hydrogen) atoms. The highest BCUT2D eigenvalue weighted by Crippen LogP contribution is 2.12. The molecule has 1 atom stereocenters. The lowest BCUT2D eigenvalue weighted by atomic mass is 10.1. The highest BCUT2D eigenvalue weighted by molar-refractivity contribution is 9.09. The van der Waals surface area contributed by atoms with Gasteiger partial charge in [0, 0.05) is 5.33 Å². The molecule has 0 unspecified atom stereocenters. The van der Waals surface area contributed by atoms with Crippen LogP contribution in [0.3, 0.4) is 0 Å². The van der Waals surface area contributed by atoms with Crippen molar-refractivity contribution in [2.45, 2.75) is 6.04 Å². The highest BCUT2D eigenvalue weighted by atomic mass is 79.9. The zero-order chi connectivity index (χ0) is 12.7. The molecule has 92 valence electrons. The lowest BCUT2D eigenvalue weighted by Gasteiger charge is -2.14. The Balaban J connectivity index is 2.68. The Labute approximate surface area is 107 Å². The molecule has 1 amide bonds. The molecule has 2 N–H and O–H groups in total. The highest BCUT2D eigenvalue weighted by Gasteiger charge is 2.22. The van der Waals surface area contributed by atoms with Gasteiger partial charge in [0.25, 0.3) is 0 Å². The molecule has 1 aromatic carbocycles. The van der Waals surface area contributed by atoms with Gasteiger partial charge in [-0.3, -0.25) is 0 Å². The number of benzene rings is 1. The largest absolute Gasteiger partial charge is 0.479 e. The van der Waals surface area contributed by atoms with Crippen molar-refractivity contribution in [1.82, 2.24) is 5.32 Å². The van der Waals surface area contributed by atoms with Gasteiger partial charge in [-0.25, -0.2) is 9.59 Å². The van der Waals surface area contributed by atoms with Gasteiger partial charge in [-0.15, -0.1) is 0 Å². The molecule has 0 saturated carbocycles. The Morgan fingerprint density at radius 3 is 2.53 bits per heavy atom. The van der Waals surface area contributed by atoms with E-state index in [1.54, 1.807) is 30.3 Å². The van der Waals surface area contributed by atoms with Gasteiger partial charge in [0.1, 0.15) is 6.61 Å². The lowest BCUT2D eigenvalue weighted by Crippen LogP contribution is -2.34. The van der Waals surface area contributed by atoms with Crippen molar-refractivity contribution in [3.05, 3.63) is 35.9 Å². The van der Waals surface area contributed by atoms with Crippen LogP contribution in [0.25, 0.3) is 0 Å². The predicted octanol–water partition coefficient (Wildman–Crippen LogP) is 1.93. The Bertz CT molecular complexity index is 382. The van der Waals surface area contributed by atoms with Crippen LogP contribution in [0.5, 0.6) is 0 Å². The van der Waals surface area contributed by atoms with Crippen LogP contribution in [0.2, 0.25) is 0 Å². The molecule has 0 heterocycles. The van der Waals surface area contributed by atoms with E-state index in [1.165, 1.54) is 0 Å². The topological polar surface area (TPSA) is 75.6 Å². The van der Waals surface area contributed by atoms with Crippen molar-refractivity contribution >= 4 is 28.0 Å². The van der Waals surface area contributed by atoms with E-state index < -0.39 is 18.1 Å². The zero-order valence-corrected chi connectivity index (χ0v) is 10.5. The second-order valence-electron chi connectivity index (χ2n) is 3.15. The van der Waals surface area contributed by atoms with Crippen molar-refractivity contribution in [3.8, 4) is 0 Å². The number of halogens is 1. The first-order valence-electron chi connectivity index (χ1n) is 4.92. The fraction of sp³-hybridized carbons (Fsp3) is 0.273. The third kappa shape index (κ3) is 4.44. The minimum absolute atomic E-state index is 0.187. The number of alkyl carbamates (subject to hydrolysis) is 1. The standard InChI is InChI=1S/C11H12BrNO4/c12-6-7-17-11(16)13-9(10(14)15)8-4-2-1-3-5-8/h1-5,9H,6-7H2,(H,13,16)(H,14,15)/t9-/m0/s1. The van der Waals surface area contributed by atoms with E-state index in [1.807, 2.05) is 0 Å². The van der Waals surface area contributed by atoms with Gasteiger partial charge in [0.15, 0.2) is 6.04 Å². The molecular weight excluding hydrogens is 290 g/mol. The first-order chi connectivity index (χ1) is 8.15. The van der Waals surface area contributed by atoms with Gasteiger partial charge < -0.3 is 15.2 Å². The first-order valence-corrected chi connectivity index (χ1v) is 6.04. The normalized spacial score (nSPS) is 11.6.